The van der Waals surface area contributed by atoms with Gasteiger partial charge in [0.15, 0.2) is 5.82 Å². The van der Waals surface area contributed by atoms with Crippen molar-refractivity contribution in [3.05, 3.63) is 60.1 Å². The number of carbonyl (C=O) groups is 1. The van der Waals surface area contributed by atoms with Gasteiger partial charge in [0.1, 0.15) is 17.0 Å². The van der Waals surface area contributed by atoms with Crippen LogP contribution in [0, 0.1) is 11.6 Å². The molecule has 0 aliphatic rings. The first-order valence-corrected chi connectivity index (χ1v) is 11.2. The summed E-state index contributed by atoms with van der Waals surface area (Å²) in [5.41, 5.74) is 0.887. The zero-order valence-electron chi connectivity index (χ0n) is 16.7. The summed E-state index contributed by atoms with van der Waals surface area (Å²) in [6.45, 7) is 1.65. The number of hydrogen-bond acceptors (Lipinski definition) is 5. The number of fused-ring (bicyclic) bond motifs is 1. The second-order valence-electron chi connectivity index (χ2n) is 6.99. The third kappa shape index (κ3) is 4.30. The number of rotatable bonds is 7. The molecule has 32 heavy (non-hydrogen) atoms. The molecule has 0 radical (unpaired) electrons. The van der Waals surface area contributed by atoms with Crippen molar-refractivity contribution in [2.24, 2.45) is 0 Å². The molecule has 0 aliphatic heterocycles. The Morgan fingerprint density at radius 3 is 2.72 bits per heavy atom. The predicted molar refractivity (Wildman–Crippen MR) is 116 cm³/mol. The van der Waals surface area contributed by atoms with Gasteiger partial charge in [-0.1, -0.05) is 6.92 Å². The molecule has 3 aromatic heterocycles. The molecule has 0 bridgehead atoms. The van der Waals surface area contributed by atoms with Crippen LogP contribution >= 0.6 is 0 Å². The van der Waals surface area contributed by atoms with Crippen LogP contribution in [0.5, 0.6) is 0 Å². The monoisotopic (exact) mass is 460 g/mol. The van der Waals surface area contributed by atoms with Gasteiger partial charge in [0, 0.05) is 17.1 Å². The fourth-order valence-electron chi connectivity index (χ4n) is 3.16. The van der Waals surface area contributed by atoms with E-state index in [4.69, 9.17) is 0 Å². The lowest BCUT2D eigenvalue weighted by Crippen LogP contribution is -2.20. The minimum Gasteiger partial charge on any atom is -0.339 e. The number of pyridine rings is 1. The van der Waals surface area contributed by atoms with Gasteiger partial charge < -0.3 is 10.3 Å². The number of nitrogens with one attached hydrogen (secondary N) is 4. The van der Waals surface area contributed by atoms with Crippen molar-refractivity contribution in [3.63, 3.8) is 0 Å². The van der Waals surface area contributed by atoms with Crippen LogP contribution in [0.25, 0.3) is 22.3 Å². The van der Waals surface area contributed by atoms with E-state index >= 15 is 0 Å². The number of halogens is 2. The lowest BCUT2D eigenvalue weighted by atomic mass is 10.1. The quantitative estimate of drug-likeness (QED) is 0.334. The Kier molecular flexibility index (Phi) is 5.61. The molecule has 4 N–H and O–H groups in total. The number of hydrogen-bond donors (Lipinski definition) is 4. The van der Waals surface area contributed by atoms with E-state index in [1.165, 1.54) is 6.20 Å². The van der Waals surface area contributed by atoms with Crippen LogP contribution in [-0.2, 0) is 10.0 Å². The van der Waals surface area contributed by atoms with Crippen molar-refractivity contribution in [1.29, 1.82) is 0 Å². The Hall–Kier alpha value is -3.80. The first kappa shape index (κ1) is 21.4. The van der Waals surface area contributed by atoms with Gasteiger partial charge in [-0.15, -0.1) is 0 Å². The number of anilines is 2. The van der Waals surface area contributed by atoms with Gasteiger partial charge in [0.25, 0.3) is 5.91 Å². The first-order valence-electron chi connectivity index (χ1n) is 9.55. The zero-order chi connectivity index (χ0) is 22.9. The number of sulfonamides is 1. The topological polar surface area (TPSA) is 133 Å². The molecule has 4 rings (SSSR count). The maximum absolute atomic E-state index is 14.8. The fourth-order valence-corrected chi connectivity index (χ4v) is 4.29. The van der Waals surface area contributed by atoms with Crippen molar-refractivity contribution in [1.82, 2.24) is 20.2 Å². The minimum absolute atomic E-state index is 0.205. The molecule has 166 valence electrons. The Morgan fingerprint density at radius 2 is 2.00 bits per heavy atom. The summed E-state index contributed by atoms with van der Waals surface area (Å²) in [5, 5.41) is 9.64. The highest BCUT2D eigenvalue weighted by molar-refractivity contribution is 7.92. The second kappa shape index (κ2) is 8.38. The van der Waals surface area contributed by atoms with E-state index in [0.717, 1.165) is 23.4 Å². The van der Waals surface area contributed by atoms with Crippen LogP contribution in [-0.4, -0.2) is 40.2 Å². The zero-order valence-corrected chi connectivity index (χ0v) is 17.6. The molecule has 3 heterocycles. The van der Waals surface area contributed by atoms with E-state index in [-0.39, 0.29) is 11.4 Å². The van der Waals surface area contributed by atoms with E-state index < -0.39 is 38.8 Å². The van der Waals surface area contributed by atoms with E-state index in [0.29, 0.717) is 17.5 Å². The molecule has 9 nitrogen and oxygen atoms in total. The molecule has 0 atom stereocenters. The third-order valence-electron chi connectivity index (χ3n) is 4.59. The first-order chi connectivity index (χ1) is 15.3. The summed E-state index contributed by atoms with van der Waals surface area (Å²) < 4.78 is 55.0. The molecule has 0 saturated carbocycles. The lowest BCUT2D eigenvalue weighted by Gasteiger charge is -2.12. The van der Waals surface area contributed by atoms with Crippen LogP contribution in [0.15, 0.2) is 42.9 Å². The van der Waals surface area contributed by atoms with Crippen LogP contribution in [0.4, 0.5) is 20.2 Å². The number of carbonyl (C=O) groups excluding carboxylic acids is 1. The summed E-state index contributed by atoms with van der Waals surface area (Å²) in [5.74, 6) is -3.76. The summed E-state index contributed by atoms with van der Waals surface area (Å²) in [6, 6.07) is 5.13. The van der Waals surface area contributed by atoms with E-state index in [1.807, 2.05) is 4.72 Å². The number of aromatic nitrogens is 4. The average molecular weight is 460 g/mol. The summed E-state index contributed by atoms with van der Waals surface area (Å²) in [7, 11) is -3.83. The van der Waals surface area contributed by atoms with Crippen molar-refractivity contribution in [2.75, 3.05) is 15.8 Å². The average Bonchev–Trinajstić information content (AvgIpc) is 3.39. The summed E-state index contributed by atoms with van der Waals surface area (Å²) >= 11 is 0. The molecule has 0 unspecified atom stereocenters. The van der Waals surface area contributed by atoms with Gasteiger partial charge in [-0.05, 0) is 30.7 Å². The van der Waals surface area contributed by atoms with Crippen LogP contribution in [0.1, 0.15) is 23.7 Å². The molecule has 1 aromatic carbocycles. The highest BCUT2D eigenvalue weighted by Crippen LogP contribution is 2.26. The Morgan fingerprint density at radius 1 is 1.19 bits per heavy atom. The van der Waals surface area contributed by atoms with Gasteiger partial charge in [0.05, 0.1) is 35.2 Å². The number of benzene rings is 1. The van der Waals surface area contributed by atoms with E-state index in [9.17, 15) is 22.0 Å². The van der Waals surface area contributed by atoms with Gasteiger partial charge >= 0.3 is 0 Å². The largest absolute Gasteiger partial charge is 0.339 e. The van der Waals surface area contributed by atoms with Gasteiger partial charge in [0.2, 0.25) is 10.0 Å². The van der Waals surface area contributed by atoms with Crippen molar-refractivity contribution < 1.29 is 22.0 Å². The van der Waals surface area contributed by atoms with Gasteiger partial charge in [-0.2, -0.15) is 5.10 Å². The van der Waals surface area contributed by atoms with Crippen LogP contribution in [0.3, 0.4) is 0 Å². The van der Waals surface area contributed by atoms with Gasteiger partial charge in [-0.25, -0.2) is 22.2 Å². The Labute approximate surface area is 181 Å². The molecule has 4 aromatic rings. The van der Waals surface area contributed by atoms with Crippen molar-refractivity contribution in [3.8, 4) is 11.3 Å². The number of nitrogens with zero attached hydrogens (tertiary/aromatic N) is 2. The molecule has 12 heteroatoms. The maximum Gasteiger partial charge on any atom is 0.261 e. The van der Waals surface area contributed by atoms with E-state index in [2.05, 4.69) is 25.5 Å². The lowest BCUT2D eigenvalue weighted by molar-refractivity contribution is 0.101. The fraction of sp³-hybridized carbons (Fsp3) is 0.150. The van der Waals surface area contributed by atoms with E-state index in [1.54, 1.807) is 31.5 Å². The van der Waals surface area contributed by atoms with Crippen molar-refractivity contribution in [2.45, 2.75) is 13.3 Å². The maximum atomic E-state index is 14.8. The highest BCUT2D eigenvalue weighted by atomic mass is 32.2. The van der Waals surface area contributed by atoms with Gasteiger partial charge in [-0.3, -0.25) is 14.6 Å². The predicted octanol–water partition coefficient (Wildman–Crippen LogP) is 3.64. The second-order valence-corrected chi connectivity index (χ2v) is 8.83. The molecule has 0 saturated heterocycles. The molecule has 0 aliphatic carbocycles. The third-order valence-corrected chi connectivity index (χ3v) is 6.07. The highest BCUT2D eigenvalue weighted by Gasteiger charge is 2.23. The molecular weight excluding hydrogens is 442 g/mol. The molecule has 0 spiro atoms. The molecule has 1 amide bonds. The number of amides is 1. The number of H-pyrrole nitrogens is 2. The SMILES string of the molecule is CCCS(=O)(=O)Nc1ccc(F)c(C(=O)Nc2cnc3[nH]c(-c4cn[nH]c4)cc3c2)c1F. The smallest absolute Gasteiger partial charge is 0.261 e. The van der Waals surface area contributed by atoms with Crippen LogP contribution in [0.2, 0.25) is 0 Å². The summed E-state index contributed by atoms with van der Waals surface area (Å²) in [4.78, 5) is 19.9. The molecule has 0 fully saturated rings. The van der Waals surface area contributed by atoms with Crippen molar-refractivity contribution >= 4 is 38.3 Å². The Bertz CT molecular complexity index is 1400. The minimum atomic E-state index is -3.83. The number of aromatic amines is 2. The van der Waals surface area contributed by atoms with Crippen LogP contribution < -0.4 is 10.0 Å². The standard InChI is InChI=1S/C20H18F2N6O3S/c1-2-5-32(30,31)28-15-4-3-14(21)17(18(15)22)20(29)26-13-6-11-7-16(12-8-24-25-9-12)27-19(11)23-10-13/h3-4,6-10,28H,2,5H2,1H3,(H,23,27)(H,24,25)(H,26,29). The molecular formula is C20H18F2N6O3S. The Balaban J connectivity index is 1.61. The normalized spacial score (nSPS) is 11.6. The summed E-state index contributed by atoms with van der Waals surface area (Å²) in [6.07, 6.45) is 4.96.